The zero-order valence-corrected chi connectivity index (χ0v) is 19.2. The molecule has 1 aliphatic rings. The van der Waals surface area contributed by atoms with Crippen LogP contribution in [0.25, 0.3) is 0 Å². The highest BCUT2D eigenvalue weighted by Crippen LogP contribution is 2.30. The number of amides is 2. The van der Waals surface area contributed by atoms with Crippen LogP contribution in [0.4, 0.5) is 11.5 Å². The van der Waals surface area contributed by atoms with E-state index in [1.165, 1.54) is 10.5 Å². The van der Waals surface area contributed by atoms with E-state index in [1.54, 1.807) is 12.3 Å². The van der Waals surface area contributed by atoms with E-state index in [1.807, 2.05) is 54.6 Å². The minimum absolute atomic E-state index is 0.0971. The summed E-state index contributed by atoms with van der Waals surface area (Å²) in [5.41, 5.74) is 4.43. The molecule has 0 bridgehead atoms. The molecule has 33 heavy (non-hydrogen) atoms. The lowest BCUT2D eigenvalue weighted by Gasteiger charge is -2.20. The lowest BCUT2D eigenvalue weighted by Crippen LogP contribution is -2.42. The van der Waals surface area contributed by atoms with Gasteiger partial charge < -0.3 is 5.32 Å². The molecule has 0 atom stereocenters. The number of nitrogens with one attached hydrogen (secondary N) is 1. The Kier molecular flexibility index (Phi) is 7.15. The lowest BCUT2D eigenvalue weighted by atomic mass is 10.0. The van der Waals surface area contributed by atoms with Crippen LogP contribution in [-0.4, -0.2) is 35.6 Å². The van der Waals surface area contributed by atoms with Crippen molar-refractivity contribution in [3.05, 3.63) is 88.6 Å². The summed E-state index contributed by atoms with van der Waals surface area (Å²) in [4.78, 5) is 36.3. The van der Waals surface area contributed by atoms with Crippen molar-refractivity contribution >= 4 is 40.6 Å². The van der Waals surface area contributed by atoms with Gasteiger partial charge in [0, 0.05) is 17.8 Å². The van der Waals surface area contributed by atoms with Gasteiger partial charge in [0.25, 0.3) is 0 Å². The Morgan fingerprint density at radius 2 is 1.79 bits per heavy atom. The summed E-state index contributed by atoms with van der Waals surface area (Å²) in [6, 6.07) is 19.2. The number of carbonyl (C=O) groups excluding carboxylic acids is 2. The zero-order chi connectivity index (χ0) is 23.2. The molecule has 0 fully saturated rings. The Bertz CT molecular complexity index is 1170. The van der Waals surface area contributed by atoms with Crippen molar-refractivity contribution < 1.29 is 9.59 Å². The highest BCUT2D eigenvalue weighted by molar-refractivity contribution is 6.30. The number of anilines is 1. The minimum Gasteiger partial charge on any atom is -0.354 e. The molecule has 2 amide bonds. The van der Waals surface area contributed by atoms with Crippen molar-refractivity contribution in [2.75, 3.05) is 18.0 Å². The van der Waals surface area contributed by atoms with Crippen LogP contribution in [0, 0.1) is 0 Å². The Morgan fingerprint density at radius 1 is 1.06 bits per heavy atom. The molecule has 0 saturated heterocycles. The summed E-state index contributed by atoms with van der Waals surface area (Å²) in [5, 5.41) is 3.57. The van der Waals surface area contributed by atoms with E-state index in [4.69, 9.17) is 16.6 Å². The van der Waals surface area contributed by atoms with Crippen LogP contribution in [0.2, 0.25) is 5.02 Å². The van der Waals surface area contributed by atoms with Gasteiger partial charge in [0.1, 0.15) is 12.2 Å². The highest BCUT2D eigenvalue weighted by Gasteiger charge is 2.27. The first-order chi connectivity index (χ1) is 16.0. The van der Waals surface area contributed by atoms with E-state index in [-0.39, 0.29) is 24.8 Å². The van der Waals surface area contributed by atoms with E-state index in [9.17, 15) is 9.59 Å². The number of aliphatic imine (C=N–C) groups is 1. The average molecular weight is 461 g/mol. The number of fused-ring (bicyclic) bond motifs is 1. The molecule has 2 heterocycles. The Hall–Kier alpha value is -3.51. The van der Waals surface area contributed by atoms with Crippen LogP contribution in [0.15, 0.2) is 71.9 Å². The predicted octanol–water partition coefficient (Wildman–Crippen LogP) is 4.51. The minimum atomic E-state index is -0.246. The fourth-order valence-corrected chi connectivity index (χ4v) is 3.81. The van der Waals surface area contributed by atoms with Gasteiger partial charge in [-0.1, -0.05) is 54.9 Å². The van der Waals surface area contributed by atoms with Gasteiger partial charge in [-0.3, -0.25) is 14.5 Å². The number of halogens is 1. The van der Waals surface area contributed by atoms with Crippen molar-refractivity contribution in [1.29, 1.82) is 0 Å². The SMILES string of the molecule is CCc1ccc(C2=Nc3cccnc3N(CC(=O)NCCc3ccc(Cl)cc3)C(=O)C2)cc1. The fourth-order valence-electron chi connectivity index (χ4n) is 3.68. The maximum absolute atomic E-state index is 13.2. The van der Waals surface area contributed by atoms with E-state index in [2.05, 4.69) is 17.2 Å². The molecule has 0 saturated carbocycles. The van der Waals surface area contributed by atoms with Crippen molar-refractivity contribution in [3.63, 3.8) is 0 Å². The molecule has 0 aliphatic carbocycles. The number of benzene rings is 2. The monoisotopic (exact) mass is 460 g/mol. The third-order valence-electron chi connectivity index (χ3n) is 5.54. The predicted molar refractivity (Wildman–Crippen MR) is 131 cm³/mol. The van der Waals surface area contributed by atoms with Crippen LogP contribution in [0.1, 0.15) is 30.0 Å². The second-order valence-corrected chi connectivity index (χ2v) is 8.27. The van der Waals surface area contributed by atoms with Gasteiger partial charge in [-0.05, 0) is 53.8 Å². The second-order valence-electron chi connectivity index (χ2n) is 7.84. The largest absolute Gasteiger partial charge is 0.354 e. The number of hydrogen-bond donors (Lipinski definition) is 1. The molecule has 1 aliphatic heterocycles. The third kappa shape index (κ3) is 5.65. The molecular formula is C26H25ClN4O2. The molecule has 0 spiro atoms. The standard InChI is InChI=1S/C26H25ClN4O2/c1-2-18-5-9-20(10-6-18)23-16-25(33)31(26-22(30-23)4-3-14-29-26)17-24(32)28-15-13-19-7-11-21(27)12-8-19/h3-12,14H,2,13,15-17H2,1H3,(H,28,32). The highest BCUT2D eigenvalue weighted by atomic mass is 35.5. The van der Waals surface area contributed by atoms with Gasteiger partial charge in [-0.25, -0.2) is 9.98 Å². The van der Waals surface area contributed by atoms with E-state index < -0.39 is 0 Å². The quantitative estimate of drug-likeness (QED) is 0.563. The van der Waals surface area contributed by atoms with Crippen LogP contribution >= 0.6 is 11.6 Å². The first-order valence-electron chi connectivity index (χ1n) is 11.0. The molecular weight excluding hydrogens is 436 g/mol. The molecule has 168 valence electrons. The second kappa shape index (κ2) is 10.4. The smallest absolute Gasteiger partial charge is 0.240 e. The normalized spacial score (nSPS) is 13.2. The number of aromatic nitrogens is 1. The van der Waals surface area contributed by atoms with Gasteiger partial charge in [-0.2, -0.15) is 0 Å². The summed E-state index contributed by atoms with van der Waals surface area (Å²) in [6.45, 7) is 2.45. The van der Waals surface area contributed by atoms with Gasteiger partial charge in [0.05, 0.1) is 12.1 Å². The van der Waals surface area contributed by atoms with Crippen LogP contribution in [0.5, 0.6) is 0 Å². The molecule has 1 N–H and O–H groups in total. The lowest BCUT2D eigenvalue weighted by molar-refractivity contribution is -0.123. The number of rotatable bonds is 7. The fraction of sp³-hybridized carbons (Fsp3) is 0.231. The molecule has 0 radical (unpaired) electrons. The van der Waals surface area contributed by atoms with Crippen molar-refractivity contribution in [2.45, 2.75) is 26.2 Å². The third-order valence-corrected chi connectivity index (χ3v) is 5.80. The van der Waals surface area contributed by atoms with Crippen molar-refractivity contribution in [1.82, 2.24) is 10.3 Å². The van der Waals surface area contributed by atoms with Crippen molar-refractivity contribution in [2.24, 2.45) is 4.99 Å². The molecule has 0 unspecified atom stereocenters. The molecule has 6 nitrogen and oxygen atoms in total. The Balaban J connectivity index is 1.46. The first-order valence-corrected chi connectivity index (χ1v) is 11.3. The molecule has 4 rings (SSSR count). The first kappa shape index (κ1) is 22.7. The van der Waals surface area contributed by atoms with E-state index in [0.717, 1.165) is 17.5 Å². The Labute approximate surface area is 198 Å². The van der Waals surface area contributed by atoms with Crippen LogP contribution < -0.4 is 10.2 Å². The van der Waals surface area contributed by atoms with Crippen LogP contribution in [-0.2, 0) is 22.4 Å². The van der Waals surface area contributed by atoms with E-state index in [0.29, 0.717) is 35.2 Å². The van der Waals surface area contributed by atoms with Gasteiger partial charge in [-0.15, -0.1) is 0 Å². The zero-order valence-electron chi connectivity index (χ0n) is 18.4. The van der Waals surface area contributed by atoms with Gasteiger partial charge in [0.15, 0.2) is 5.82 Å². The number of aryl methyl sites for hydroxylation is 1. The summed E-state index contributed by atoms with van der Waals surface area (Å²) >= 11 is 5.91. The summed E-state index contributed by atoms with van der Waals surface area (Å²) in [5.74, 6) is -0.0567. The number of hydrogen-bond acceptors (Lipinski definition) is 4. The molecule has 7 heteroatoms. The summed E-state index contributed by atoms with van der Waals surface area (Å²) in [6.07, 6.45) is 3.32. The summed E-state index contributed by atoms with van der Waals surface area (Å²) < 4.78 is 0. The molecule has 2 aromatic carbocycles. The average Bonchev–Trinajstić information content (AvgIpc) is 2.97. The topological polar surface area (TPSA) is 74.7 Å². The van der Waals surface area contributed by atoms with Gasteiger partial charge >= 0.3 is 0 Å². The summed E-state index contributed by atoms with van der Waals surface area (Å²) in [7, 11) is 0. The van der Waals surface area contributed by atoms with Crippen LogP contribution in [0.3, 0.4) is 0 Å². The van der Waals surface area contributed by atoms with Crippen molar-refractivity contribution in [3.8, 4) is 0 Å². The van der Waals surface area contributed by atoms with Gasteiger partial charge in [0.2, 0.25) is 11.8 Å². The molecule has 1 aromatic heterocycles. The number of carbonyl (C=O) groups is 2. The molecule has 3 aromatic rings. The maximum Gasteiger partial charge on any atom is 0.240 e. The number of nitrogens with zero attached hydrogens (tertiary/aromatic N) is 3. The Morgan fingerprint density at radius 3 is 2.52 bits per heavy atom. The van der Waals surface area contributed by atoms with E-state index >= 15 is 0 Å². The maximum atomic E-state index is 13.2. The number of pyridine rings is 1.